The Labute approximate surface area is 139 Å². The number of fused-ring (bicyclic) bond motifs is 1. The van der Waals surface area contributed by atoms with Crippen molar-refractivity contribution in [2.24, 2.45) is 0 Å². The van der Waals surface area contributed by atoms with Crippen molar-refractivity contribution in [1.29, 1.82) is 0 Å². The van der Waals surface area contributed by atoms with Gasteiger partial charge in [-0.1, -0.05) is 25.1 Å². The summed E-state index contributed by atoms with van der Waals surface area (Å²) < 4.78 is 15.7. The number of urea groups is 1. The monoisotopic (exact) mass is 332 g/mol. The Hall–Kier alpha value is -2.77. The molecule has 1 aromatic carbocycles. The molecule has 8 heteroatoms. The van der Waals surface area contributed by atoms with Crippen LogP contribution in [0.2, 0.25) is 0 Å². The van der Waals surface area contributed by atoms with Gasteiger partial charge in [-0.3, -0.25) is 0 Å². The summed E-state index contributed by atoms with van der Waals surface area (Å²) in [4.78, 5) is 16.1. The maximum Gasteiger partial charge on any atom is 0.315 e. The van der Waals surface area contributed by atoms with Crippen LogP contribution in [0.3, 0.4) is 0 Å². The second kappa shape index (κ2) is 7.20. The number of nitrogens with one attached hydrogen (secondary N) is 2. The lowest BCUT2D eigenvalue weighted by Gasteiger charge is -2.07. The first-order valence-corrected chi connectivity index (χ1v) is 7.84. The summed E-state index contributed by atoms with van der Waals surface area (Å²) in [6.07, 6.45) is 0.497. The van der Waals surface area contributed by atoms with Crippen molar-refractivity contribution in [3.8, 4) is 11.5 Å². The average Bonchev–Trinajstić information content (AvgIpc) is 3.21. The molecule has 2 N–H and O–H groups in total. The van der Waals surface area contributed by atoms with Crippen LogP contribution in [0.5, 0.6) is 11.5 Å². The summed E-state index contributed by atoms with van der Waals surface area (Å²) in [6.45, 7) is 5.06. The third kappa shape index (κ3) is 3.95. The second-order valence-corrected chi connectivity index (χ2v) is 5.75. The van der Waals surface area contributed by atoms with E-state index in [1.807, 2.05) is 32.0 Å². The summed E-state index contributed by atoms with van der Waals surface area (Å²) in [5, 5.41) is 9.43. The van der Waals surface area contributed by atoms with Gasteiger partial charge in [0.2, 0.25) is 12.7 Å². The van der Waals surface area contributed by atoms with Gasteiger partial charge in [-0.15, -0.1) is 0 Å². The fourth-order valence-electron chi connectivity index (χ4n) is 2.18. The molecule has 2 aromatic rings. The number of ether oxygens (including phenoxy) is 2. The lowest BCUT2D eigenvalue weighted by molar-refractivity contribution is 0.174. The van der Waals surface area contributed by atoms with E-state index in [2.05, 4.69) is 20.8 Å². The molecular formula is C16H20N4O4. The van der Waals surface area contributed by atoms with Crippen molar-refractivity contribution in [3.05, 3.63) is 35.5 Å². The van der Waals surface area contributed by atoms with Gasteiger partial charge in [0.1, 0.15) is 0 Å². The van der Waals surface area contributed by atoms with E-state index in [1.54, 1.807) is 0 Å². The van der Waals surface area contributed by atoms with E-state index in [9.17, 15) is 4.79 Å². The van der Waals surface area contributed by atoms with Gasteiger partial charge in [-0.05, 0) is 17.7 Å². The number of carbonyl (C=O) groups is 1. The van der Waals surface area contributed by atoms with Gasteiger partial charge in [0.25, 0.3) is 0 Å². The lowest BCUT2D eigenvalue weighted by Crippen LogP contribution is -2.36. The van der Waals surface area contributed by atoms with Gasteiger partial charge in [-0.25, -0.2) is 4.79 Å². The Bertz CT molecular complexity index is 714. The van der Waals surface area contributed by atoms with Gasteiger partial charge in [0.15, 0.2) is 17.3 Å². The molecule has 0 spiro atoms. The highest BCUT2D eigenvalue weighted by Gasteiger charge is 2.13. The molecule has 0 atom stereocenters. The van der Waals surface area contributed by atoms with E-state index >= 15 is 0 Å². The van der Waals surface area contributed by atoms with Gasteiger partial charge in [-0.2, -0.15) is 4.98 Å². The van der Waals surface area contributed by atoms with Crippen molar-refractivity contribution in [2.45, 2.75) is 32.7 Å². The zero-order valence-electron chi connectivity index (χ0n) is 13.7. The summed E-state index contributed by atoms with van der Waals surface area (Å²) in [7, 11) is 0. The number of amides is 2. The largest absolute Gasteiger partial charge is 0.454 e. The fourth-order valence-corrected chi connectivity index (χ4v) is 2.18. The van der Waals surface area contributed by atoms with Crippen LogP contribution in [0.25, 0.3) is 0 Å². The van der Waals surface area contributed by atoms with E-state index < -0.39 is 0 Å². The molecule has 24 heavy (non-hydrogen) atoms. The van der Waals surface area contributed by atoms with Gasteiger partial charge >= 0.3 is 6.03 Å². The number of benzene rings is 1. The summed E-state index contributed by atoms with van der Waals surface area (Å²) in [6, 6.07) is 5.32. The highest BCUT2D eigenvalue weighted by Crippen LogP contribution is 2.32. The number of aromatic nitrogens is 2. The first-order chi connectivity index (χ1) is 11.6. The van der Waals surface area contributed by atoms with Crippen molar-refractivity contribution in [3.63, 3.8) is 0 Å². The van der Waals surface area contributed by atoms with Crippen LogP contribution < -0.4 is 20.1 Å². The van der Waals surface area contributed by atoms with Crippen LogP contribution >= 0.6 is 0 Å². The first-order valence-electron chi connectivity index (χ1n) is 7.84. The molecule has 0 unspecified atom stereocenters. The van der Waals surface area contributed by atoms with Crippen LogP contribution in [0, 0.1) is 0 Å². The quantitative estimate of drug-likeness (QED) is 0.839. The smallest absolute Gasteiger partial charge is 0.315 e. The Kier molecular flexibility index (Phi) is 4.83. The molecule has 0 radical (unpaired) electrons. The molecule has 0 saturated heterocycles. The minimum atomic E-state index is -0.253. The van der Waals surface area contributed by atoms with Crippen molar-refractivity contribution in [2.75, 3.05) is 13.3 Å². The topological polar surface area (TPSA) is 98.5 Å². The zero-order chi connectivity index (χ0) is 16.9. The minimum absolute atomic E-state index is 0.223. The predicted molar refractivity (Wildman–Crippen MR) is 84.9 cm³/mol. The maximum atomic E-state index is 11.8. The predicted octanol–water partition coefficient (Wildman–Crippen LogP) is 1.96. The molecule has 1 aliphatic rings. The third-order valence-corrected chi connectivity index (χ3v) is 3.51. The maximum absolute atomic E-state index is 11.8. The Morgan fingerprint density at radius 1 is 1.25 bits per heavy atom. The van der Waals surface area contributed by atoms with Crippen LogP contribution in [-0.2, 0) is 13.0 Å². The molecule has 1 aliphatic heterocycles. The van der Waals surface area contributed by atoms with Crippen molar-refractivity contribution in [1.82, 2.24) is 20.8 Å². The van der Waals surface area contributed by atoms with E-state index in [0.717, 1.165) is 11.3 Å². The van der Waals surface area contributed by atoms with E-state index in [4.69, 9.17) is 14.0 Å². The summed E-state index contributed by atoms with van der Waals surface area (Å²) in [5.41, 5.74) is 0.938. The molecule has 0 aliphatic carbocycles. The van der Waals surface area contributed by atoms with Crippen LogP contribution in [0.1, 0.15) is 37.0 Å². The number of hydrogen-bond donors (Lipinski definition) is 2. The fraction of sp³-hybridized carbons (Fsp3) is 0.438. The van der Waals surface area contributed by atoms with Crippen LogP contribution in [-0.4, -0.2) is 29.5 Å². The normalized spacial score (nSPS) is 12.5. The van der Waals surface area contributed by atoms with Crippen molar-refractivity contribution < 1.29 is 18.8 Å². The highest BCUT2D eigenvalue weighted by molar-refractivity contribution is 5.73. The molecule has 2 amide bonds. The van der Waals surface area contributed by atoms with Crippen LogP contribution in [0.4, 0.5) is 4.79 Å². The summed E-state index contributed by atoms with van der Waals surface area (Å²) >= 11 is 0. The molecule has 1 aromatic heterocycles. The van der Waals surface area contributed by atoms with Gasteiger partial charge in [0.05, 0.1) is 0 Å². The Balaban J connectivity index is 1.39. The average molecular weight is 332 g/mol. The number of rotatable bonds is 6. The van der Waals surface area contributed by atoms with Crippen molar-refractivity contribution >= 4 is 6.03 Å². The van der Waals surface area contributed by atoms with E-state index in [1.165, 1.54) is 0 Å². The third-order valence-electron chi connectivity index (χ3n) is 3.51. The molecule has 8 nitrogen and oxygen atoms in total. The van der Waals surface area contributed by atoms with Crippen LogP contribution in [0.15, 0.2) is 22.7 Å². The SMILES string of the molecule is CC(C)c1noc(CCNC(=O)NCc2ccc3c(c2)OCO3)n1. The highest BCUT2D eigenvalue weighted by atomic mass is 16.7. The van der Waals surface area contributed by atoms with E-state index in [0.29, 0.717) is 37.0 Å². The molecule has 0 bridgehead atoms. The second-order valence-electron chi connectivity index (χ2n) is 5.75. The molecular weight excluding hydrogens is 312 g/mol. The lowest BCUT2D eigenvalue weighted by atomic mass is 10.2. The molecule has 128 valence electrons. The van der Waals surface area contributed by atoms with E-state index in [-0.39, 0.29) is 18.7 Å². The molecule has 2 heterocycles. The molecule has 0 fully saturated rings. The first kappa shape index (κ1) is 16.1. The standard InChI is InChI=1S/C16H20N4O4/c1-10(2)15-19-14(24-20-15)5-6-17-16(21)18-8-11-3-4-12-13(7-11)23-9-22-12/h3-4,7,10H,5-6,8-9H2,1-2H3,(H2,17,18,21). The molecule has 0 saturated carbocycles. The Morgan fingerprint density at radius 3 is 2.88 bits per heavy atom. The number of carbonyl (C=O) groups excluding carboxylic acids is 1. The van der Waals surface area contributed by atoms with Gasteiger partial charge < -0.3 is 24.6 Å². The zero-order valence-corrected chi connectivity index (χ0v) is 13.7. The number of hydrogen-bond acceptors (Lipinski definition) is 6. The number of nitrogens with zero attached hydrogens (tertiary/aromatic N) is 2. The molecule has 3 rings (SSSR count). The minimum Gasteiger partial charge on any atom is -0.454 e. The summed E-state index contributed by atoms with van der Waals surface area (Å²) in [5.74, 6) is 2.85. The van der Waals surface area contributed by atoms with Gasteiger partial charge in [0, 0.05) is 25.4 Å². The Morgan fingerprint density at radius 2 is 2.08 bits per heavy atom.